The minimum absolute atomic E-state index is 0.236. The summed E-state index contributed by atoms with van der Waals surface area (Å²) < 4.78 is 0. The topological polar surface area (TPSA) is 118 Å². The maximum Gasteiger partial charge on any atom is 0.0637 e. The van der Waals surface area contributed by atoms with E-state index in [0.717, 1.165) is 0 Å². The van der Waals surface area contributed by atoms with Gasteiger partial charge >= 0.3 is 0 Å². The smallest absolute Gasteiger partial charge is 0.0637 e. The van der Waals surface area contributed by atoms with Gasteiger partial charge < -0.3 is 5.11 Å². The molecule has 3 unspecified atom stereocenters. The molecule has 1 rings (SSSR count). The number of hydrogen-bond donors (Lipinski definition) is 1. The molecule has 0 radical (unpaired) electrons. The van der Waals surface area contributed by atoms with E-state index in [1.807, 2.05) is 0 Å². The maximum atomic E-state index is 9.27. The number of nitrogens with zero attached hydrogens (tertiary/aromatic N) is 6. The Morgan fingerprint density at radius 1 is 1.17 bits per heavy atom. The summed E-state index contributed by atoms with van der Waals surface area (Å²) in [6.07, 6.45) is 0.152. The molecule has 0 amide bonds. The van der Waals surface area contributed by atoms with Crippen molar-refractivity contribution in [1.82, 2.24) is 0 Å². The maximum absolute atomic E-state index is 9.27. The fraction of sp³-hybridized carbons (Fsp3) is 1.00. The summed E-state index contributed by atoms with van der Waals surface area (Å²) in [7, 11) is 0. The first-order chi connectivity index (χ1) is 5.77. The molecule has 0 aromatic carbocycles. The van der Waals surface area contributed by atoms with Crippen molar-refractivity contribution < 1.29 is 5.11 Å². The summed E-state index contributed by atoms with van der Waals surface area (Å²) in [5.74, 6) is 0. The Hall–Kier alpha value is -1.42. The predicted octanol–water partition coefficient (Wildman–Crippen LogP) is 1.50. The molecule has 7 heteroatoms. The highest BCUT2D eigenvalue weighted by molar-refractivity contribution is 4.92. The second kappa shape index (κ2) is 3.82. The molecule has 0 spiro atoms. The Balaban J connectivity index is 2.61. The molecule has 0 saturated heterocycles. The van der Waals surface area contributed by atoms with Gasteiger partial charge in [0.15, 0.2) is 0 Å². The third-order valence-electron chi connectivity index (χ3n) is 1.89. The third kappa shape index (κ3) is 1.79. The van der Waals surface area contributed by atoms with Gasteiger partial charge in [-0.3, -0.25) is 0 Å². The monoisotopic (exact) mass is 168 g/mol. The molecular weight excluding hydrogens is 160 g/mol. The van der Waals surface area contributed by atoms with Crippen molar-refractivity contribution in [3.05, 3.63) is 20.9 Å². The Morgan fingerprint density at radius 3 is 2.42 bits per heavy atom. The van der Waals surface area contributed by atoms with E-state index in [4.69, 9.17) is 11.1 Å². The molecule has 3 atom stereocenters. The van der Waals surface area contributed by atoms with Gasteiger partial charge in [-0.05, 0) is 23.9 Å². The largest absolute Gasteiger partial charge is 0.393 e. The first-order valence-corrected chi connectivity index (χ1v) is 3.54. The number of azide groups is 2. The molecule has 0 bridgehead atoms. The second-order valence-electron chi connectivity index (χ2n) is 2.67. The van der Waals surface area contributed by atoms with Crippen LogP contribution in [0.3, 0.4) is 0 Å². The van der Waals surface area contributed by atoms with Crippen LogP contribution in [0.4, 0.5) is 0 Å². The van der Waals surface area contributed by atoms with Crippen LogP contribution < -0.4 is 0 Å². The molecule has 1 saturated carbocycles. The van der Waals surface area contributed by atoms with Gasteiger partial charge in [0.2, 0.25) is 0 Å². The van der Waals surface area contributed by atoms with E-state index in [0.29, 0.717) is 12.8 Å². The Morgan fingerprint density at radius 2 is 1.83 bits per heavy atom. The van der Waals surface area contributed by atoms with Gasteiger partial charge in [-0.1, -0.05) is 10.2 Å². The number of aliphatic hydroxyl groups is 1. The van der Waals surface area contributed by atoms with Gasteiger partial charge in [0.1, 0.15) is 0 Å². The molecule has 0 aromatic heterocycles. The van der Waals surface area contributed by atoms with Gasteiger partial charge in [0, 0.05) is 15.9 Å². The van der Waals surface area contributed by atoms with E-state index in [2.05, 4.69) is 20.1 Å². The minimum Gasteiger partial charge on any atom is -0.393 e. The molecule has 1 fully saturated rings. The molecule has 1 aliphatic rings. The van der Waals surface area contributed by atoms with Crippen molar-refractivity contribution in [2.24, 2.45) is 10.2 Å². The summed E-state index contributed by atoms with van der Waals surface area (Å²) in [4.78, 5) is 5.22. The molecule has 12 heavy (non-hydrogen) atoms. The van der Waals surface area contributed by atoms with Crippen molar-refractivity contribution in [1.29, 1.82) is 0 Å². The molecule has 0 aliphatic heterocycles. The lowest BCUT2D eigenvalue weighted by Gasteiger charge is -2.04. The van der Waals surface area contributed by atoms with Crippen LogP contribution in [0.5, 0.6) is 0 Å². The van der Waals surface area contributed by atoms with Crippen molar-refractivity contribution in [3.63, 3.8) is 0 Å². The molecule has 1 aliphatic carbocycles. The van der Waals surface area contributed by atoms with E-state index < -0.39 is 12.1 Å². The van der Waals surface area contributed by atoms with Crippen LogP contribution in [0, 0.1) is 0 Å². The third-order valence-corrected chi connectivity index (χ3v) is 1.89. The molecule has 7 nitrogen and oxygen atoms in total. The highest BCUT2D eigenvalue weighted by atomic mass is 16.3. The Labute approximate surface area is 68.3 Å². The molecule has 1 N–H and O–H groups in total. The highest BCUT2D eigenvalue weighted by Gasteiger charge is 2.31. The van der Waals surface area contributed by atoms with Crippen LogP contribution in [-0.2, 0) is 0 Å². The van der Waals surface area contributed by atoms with E-state index in [1.54, 1.807) is 0 Å². The van der Waals surface area contributed by atoms with Crippen LogP contribution in [0.15, 0.2) is 10.2 Å². The van der Waals surface area contributed by atoms with Gasteiger partial charge in [-0.2, -0.15) is 0 Å². The lowest BCUT2D eigenvalue weighted by atomic mass is 10.2. The van der Waals surface area contributed by atoms with Gasteiger partial charge in [0.05, 0.1) is 12.1 Å². The Kier molecular flexibility index (Phi) is 2.76. The zero-order valence-corrected chi connectivity index (χ0v) is 6.28. The van der Waals surface area contributed by atoms with Crippen LogP contribution in [0.25, 0.3) is 20.9 Å². The molecule has 0 heterocycles. The number of rotatable bonds is 2. The minimum atomic E-state index is -0.670. The first kappa shape index (κ1) is 8.67. The lowest BCUT2D eigenvalue weighted by Crippen LogP contribution is -2.15. The molecular formula is C5H8N6O. The average molecular weight is 168 g/mol. The molecule has 0 aromatic rings. The van der Waals surface area contributed by atoms with Crippen molar-refractivity contribution in [2.45, 2.75) is 31.0 Å². The lowest BCUT2D eigenvalue weighted by molar-refractivity contribution is 0.164. The second-order valence-corrected chi connectivity index (χ2v) is 2.67. The van der Waals surface area contributed by atoms with Crippen molar-refractivity contribution in [3.8, 4) is 0 Å². The van der Waals surface area contributed by atoms with Gasteiger partial charge in [-0.25, -0.2) is 0 Å². The fourth-order valence-corrected chi connectivity index (χ4v) is 1.33. The van der Waals surface area contributed by atoms with Crippen molar-refractivity contribution in [2.75, 3.05) is 0 Å². The average Bonchev–Trinajstić information content (AvgIpc) is 2.34. The summed E-state index contributed by atoms with van der Waals surface area (Å²) >= 11 is 0. The van der Waals surface area contributed by atoms with E-state index in [9.17, 15) is 5.11 Å². The van der Waals surface area contributed by atoms with Gasteiger partial charge in [-0.15, -0.1) is 0 Å². The van der Waals surface area contributed by atoms with Crippen LogP contribution in [0.1, 0.15) is 12.8 Å². The van der Waals surface area contributed by atoms with E-state index >= 15 is 0 Å². The molecule has 64 valence electrons. The summed E-state index contributed by atoms with van der Waals surface area (Å²) in [6, 6.07) is -0.675. The normalized spacial score (nSPS) is 33.6. The van der Waals surface area contributed by atoms with Gasteiger partial charge in [0.25, 0.3) is 0 Å². The van der Waals surface area contributed by atoms with Crippen molar-refractivity contribution >= 4 is 0 Å². The number of aliphatic hydroxyl groups excluding tert-OH is 1. The quantitative estimate of drug-likeness (QED) is 0.375. The van der Waals surface area contributed by atoms with E-state index in [1.165, 1.54) is 0 Å². The SMILES string of the molecule is [N-]=[N+]=NC1CC(O)C(N=[N+]=[N-])C1. The summed E-state index contributed by atoms with van der Waals surface area (Å²) in [5.41, 5.74) is 16.2. The van der Waals surface area contributed by atoms with E-state index in [-0.39, 0.29) is 6.04 Å². The summed E-state index contributed by atoms with van der Waals surface area (Å²) in [5, 5.41) is 16.1. The standard InChI is InChI=1S/C5H8N6O/c6-10-8-3-1-4(9-11-7)5(12)2-3/h3-5,12H,1-2H2. The predicted molar refractivity (Wildman–Crippen MR) is 41.1 cm³/mol. The van der Waals surface area contributed by atoms with Crippen LogP contribution in [-0.4, -0.2) is 23.3 Å². The van der Waals surface area contributed by atoms with Crippen LogP contribution >= 0.6 is 0 Å². The highest BCUT2D eigenvalue weighted by Crippen LogP contribution is 2.25. The Bertz CT molecular complexity index is 253. The number of hydrogen-bond acceptors (Lipinski definition) is 3. The summed E-state index contributed by atoms with van der Waals surface area (Å²) in [6.45, 7) is 0. The zero-order valence-electron chi connectivity index (χ0n) is 6.28. The van der Waals surface area contributed by atoms with Crippen LogP contribution in [0.2, 0.25) is 0 Å². The fourth-order valence-electron chi connectivity index (χ4n) is 1.33. The first-order valence-electron chi connectivity index (χ1n) is 3.54. The zero-order chi connectivity index (χ0) is 8.97.